The first-order valence-electron chi connectivity index (χ1n) is 12.8. The molecule has 5 rings (SSSR count). The van der Waals surface area contributed by atoms with E-state index in [1.807, 2.05) is 0 Å². The molecular formula is C27H28F3N7O3. The lowest BCUT2D eigenvalue weighted by Gasteiger charge is -2.22. The van der Waals surface area contributed by atoms with E-state index in [9.17, 15) is 9.59 Å². The van der Waals surface area contributed by atoms with Crippen molar-refractivity contribution >= 4 is 28.7 Å². The van der Waals surface area contributed by atoms with Crippen molar-refractivity contribution in [1.82, 2.24) is 24.2 Å². The summed E-state index contributed by atoms with van der Waals surface area (Å²) in [6.07, 6.45) is 5.12. The van der Waals surface area contributed by atoms with Crippen molar-refractivity contribution in [3.63, 3.8) is 0 Å². The molecule has 1 saturated heterocycles. The molecule has 2 atom stereocenters. The lowest BCUT2D eigenvalue weighted by molar-refractivity contribution is -0.127. The van der Waals surface area contributed by atoms with Crippen molar-refractivity contribution in [3.05, 3.63) is 53.3 Å². The number of rotatable bonds is 8. The number of imidazole rings is 1. The fourth-order valence-electron chi connectivity index (χ4n) is 5.27. The molecule has 0 spiro atoms. The molecule has 10 nitrogen and oxygen atoms in total. The number of nitrogens with one attached hydrogen (secondary N) is 1. The monoisotopic (exact) mass is 555 g/mol. The number of amides is 2. The van der Waals surface area contributed by atoms with E-state index < -0.39 is 28.9 Å². The largest absolute Gasteiger partial charge is 0.385 e. The fraction of sp³-hybridized carbons (Fsp3) is 0.407. The van der Waals surface area contributed by atoms with Gasteiger partial charge < -0.3 is 25.3 Å². The average molecular weight is 556 g/mol. The van der Waals surface area contributed by atoms with Crippen LogP contribution in [-0.4, -0.2) is 69.4 Å². The molecule has 1 saturated carbocycles. The number of likely N-dealkylation sites (tertiary alicyclic amines) is 1. The van der Waals surface area contributed by atoms with E-state index in [0.717, 1.165) is 12.8 Å². The van der Waals surface area contributed by atoms with Gasteiger partial charge in [-0.2, -0.15) is 5.10 Å². The van der Waals surface area contributed by atoms with Gasteiger partial charge in [-0.15, -0.1) is 0 Å². The second-order valence-electron chi connectivity index (χ2n) is 9.80. The van der Waals surface area contributed by atoms with E-state index in [1.165, 1.54) is 21.7 Å². The van der Waals surface area contributed by atoms with Gasteiger partial charge in [0.2, 0.25) is 5.91 Å². The number of anilines is 1. The molecule has 13 heteroatoms. The summed E-state index contributed by atoms with van der Waals surface area (Å²) in [6, 6.07) is -0.598. The summed E-state index contributed by atoms with van der Waals surface area (Å²) in [4.78, 5) is 30.5. The Morgan fingerprint density at radius 2 is 1.98 bits per heavy atom. The molecule has 2 aromatic heterocycles. The number of nitrogens with two attached hydrogens (primary N) is 1. The van der Waals surface area contributed by atoms with Crippen LogP contribution in [0.3, 0.4) is 0 Å². The summed E-state index contributed by atoms with van der Waals surface area (Å²) >= 11 is 0. The molecule has 40 heavy (non-hydrogen) atoms. The third kappa shape index (κ3) is 4.58. The molecule has 3 N–H and O–H groups in total. The normalized spacial score (nSPS) is 18.6. The zero-order chi connectivity index (χ0) is 28.7. The molecule has 2 fully saturated rings. The van der Waals surface area contributed by atoms with Crippen molar-refractivity contribution in [3.8, 4) is 11.8 Å². The van der Waals surface area contributed by atoms with E-state index in [0.29, 0.717) is 19.4 Å². The molecule has 1 aromatic carbocycles. The van der Waals surface area contributed by atoms with Crippen LogP contribution in [-0.2, 0) is 9.53 Å². The highest BCUT2D eigenvalue weighted by atomic mass is 19.2. The van der Waals surface area contributed by atoms with Crippen LogP contribution in [0.2, 0.25) is 0 Å². The highest BCUT2D eigenvalue weighted by molar-refractivity contribution is 6.00. The third-order valence-electron chi connectivity index (χ3n) is 7.33. The topological polar surface area (TPSA) is 120 Å². The summed E-state index contributed by atoms with van der Waals surface area (Å²) < 4.78 is 53.5. The minimum absolute atomic E-state index is 0.0420. The molecule has 3 heterocycles. The molecular weight excluding hydrogens is 527 g/mol. The standard InChI is InChI=1S/C27H28F3N7O3/c1-4-19(38)35-12-16(11-15(35)9-10-40-3)37-27(32-2)20(26(31)39)18(34-37)8-7-17-21(28)23(30)25-24(22(17)29)33-13-36(25)14-5-6-14/h4,13-16,32H,1,5-6,9-12H2,2-3H3,(H2,31,39)/t15-,16?/m0/s1. The Labute approximate surface area is 228 Å². The second-order valence-corrected chi connectivity index (χ2v) is 9.80. The van der Waals surface area contributed by atoms with Gasteiger partial charge in [-0.3, -0.25) is 9.59 Å². The van der Waals surface area contributed by atoms with Crippen molar-refractivity contribution in [2.75, 3.05) is 32.6 Å². The van der Waals surface area contributed by atoms with E-state index >= 15 is 13.2 Å². The van der Waals surface area contributed by atoms with E-state index in [-0.39, 0.29) is 58.7 Å². The number of ether oxygens (including phenoxy) is 1. The van der Waals surface area contributed by atoms with Gasteiger partial charge in [0.25, 0.3) is 5.91 Å². The maximum absolute atomic E-state index is 15.3. The molecule has 1 unspecified atom stereocenters. The summed E-state index contributed by atoms with van der Waals surface area (Å²) in [7, 11) is 3.12. The number of nitrogens with zero attached hydrogens (tertiary/aromatic N) is 5. The second kappa shape index (κ2) is 10.7. The molecule has 210 valence electrons. The number of aromatic nitrogens is 4. The van der Waals surface area contributed by atoms with Crippen LogP contribution < -0.4 is 11.1 Å². The van der Waals surface area contributed by atoms with Gasteiger partial charge in [0.1, 0.15) is 28.0 Å². The maximum atomic E-state index is 15.3. The average Bonchev–Trinajstić information content (AvgIpc) is 3.38. The van der Waals surface area contributed by atoms with Crippen LogP contribution in [0.25, 0.3) is 11.0 Å². The molecule has 2 aliphatic rings. The van der Waals surface area contributed by atoms with Crippen molar-refractivity contribution in [2.45, 2.75) is 43.8 Å². The number of halogens is 3. The van der Waals surface area contributed by atoms with Gasteiger partial charge in [0.15, 0.2) is 23.1 Å². The molecule has 1 aliphatic heterocycles. The summed E-state index contributed by atoms with van der Waals surface area (Å²) in [5.74, 6) is 0.110. The Hall–Kier alpha value is -4.31. The van der Waals surface area contributed by atoms with Gasteiger partial charge in [-0.1, -0.05) is 12.5 Å². The highest BCUT2D eigenvalue weighted by Gasteiger charge is 2.38. The van der Waals surface area contributed by atoms with Crippen LogP contribution in [0.1, 0.15) is 59.4 Å². The molecule has 0 bridgehead atoms. The summed E-state index contributed by atoms with van der Waals surface area (Å²) in [6.45, 7) is 4.25. The number of benzene rings is 1. The number of methoxy groups -OCH3 is 1. The minimum Gasteiger partial charge on any atom is -0.385 e. The number of hydrogen-bond donors (Lipinski definition) is 2. The van der Waals surface area contributed by atoms with Crippen molar-refractivity contribution in [1.29, 1.82) is 0 Å². The van der Waals surface area contributed by atoms with E-state index in [1.54, 1.807) is 19.1 Å². The Balaban J connectivity index is 1.56. The van der Waals surface area contributed by atoms with Crippen LogP contribution >= 0.6 is 0 Å². The molecule has 2 amide bonds. The zero-order valence-corrected chi connectivity index (χ0v) is 22.0. The lowest BCUT2D eigenvalue weighted by Crippen LogP contribution is -2.35. The van der Waals surface area contributed by atoms with Gasteiger partial charge in [-0.25, -0.2) is 22.8 Å². The minimum atomic E-state index is -1.45. The molecule has 0 radical (unpaired) electrons. The Morgan fingerprint density at radius 3 is 2.60 bits per heavy atom. The number of carbonyl (C=O) groups excluding carboxylic acids is 2. The third-order valence-corrected chi connectivity index (χ3v) is 7.33. The first-order chi connectivity index (χ1) is 19.2. The summed E-state index contributed by atoms with van der Waals surface area (Å²) in [5.41, 5.74) is 3.99. The Bertz CT molecular complexity index is 1580. The predicted octanol–water partition coefficient (Wildman–Crippen LogP) is 2.89. The van der Waals surface area contributed by atoms with Crippen LogP contribution in [0.15, 0.2) is 19.0 Å². The van der Waals surface area contributed by atoms with Crippen molar-refractivity contribution < 1.29 is 27.5 Å². The lowest BCUT2D eigenvalue weighted by atomic mass is 10.1. The summed E-state index contributed by atoms with van der Waals surface area (Å²) in [5, 5.41) is 7.33. The first-order valence-corrected chi connectivity index (χ1v) is 12.8. The predicted molar refractivity (Wildman–Crippen MR) is 140 cm³/mol. The molecule has 1 aliphatic carbocycles. The first kappa shape index (κ1) is 27.3. The highest BCUT2D eigenvalue weighted by Crippen LogP contribution is 2.39. The van der Waals surface area contributed by atoms with Gasteiger partial charge >= 0.3 is 0 Å². The number of hydrogen-bond acceptors (Lipinski definition) is 6. The quantitative estimate of drug-likeness (QED) is 0.251. The van der Waals surface area contributed by atoms with Crippen molar-refractivity contribution in [2.24, 2.45) is 5.73 Å². The smallest absolute Gasteiger partial charge is 0.255 e. The Kier molecular flexibility index (Phi) is 7.29. The Morgan fingerprint density at radius 1 is 1.23 bits per heavy atom. The van der Waals surface area contributed by atoms with Crippen LogP contribution in [0.4, 0.5) is 19.0 Å². The molecule has 3 aromatic rings. The van der Waals surface area contributed by atoms with Gasteiger partial charge in [0.05, 0.1) is 12.4 Å². The van der Waals surface area contributed by atoms with Gasteiger partial charge in [0, 0.05) is 39.4 Å². The zero-order valence-electron chi connectivity index (χ0n) is 22.0. The number of primary amides is 1. The van der Waals surface area contributed by atoms with E-state index in [2.05, 4.69) is 33.8 Å². The SMILES string of the molecule is C=CC(=O)N1CC(n2nc(C#Cc3c(F)c(F)c4c(ncn4C4CC4)c3F)c(C(N)=O)c2NC)C[C@@H]1CCOC. The van der Waals surface area contributed by atoms with Crippen LogP contribution in [0.5, 0.6) is 0 Å². The van der Waals surface area contributed by atoms with Crippen LogP contribution in [0, 0.1) is 29.3 Å². The maximum Gasteiger partial charge on any atom is 0.255 e. The fourth-order valence-corrected chi connectivity index (χ4v) is 5.27. The van der Waals surface area contributed by atoms with Gasteiger partial charge in [-0.05, 0) is 37.7 Å². The number of carbonyl (C=O) groups is 2. The van der Waals surface area contributed by atoms with E-state index in [4.69, 9.17) is 10.5 Å². The number of fused-ring (bicyclic) bond motifs is 1.